The summed E-state index contributed by atoms with van der Waals surface area (Å²) in [5, 5.41) is 8.99. The van der Waals surface area contributed by atoms with Gasteiger partial charge in [0.25, 0.3) is 0 Å². The molecule has 0 spiro atoms. The molecule has 1 amide bonds. The molecule has 0 aromatic heterocycles. The average Bonchev–Trinajstić information content (AvgIpc) is 3.04. The molecule has 0 saturated carbocycles. The molecule has 1 aliphatic rings. The highest BCUT2D eigenvalue weighted by atomic mass is 35.5. The summed E-state index contributed by atoms with van der Waals surface area (Å²) in [6.45, 7) is 4.83. The number of amides is 1. The maximum atomic E-state index is 12.2. The molecular weight excluding hydrogens is 330 g/mol. The lowest BCUT2D eigenvalue weighted by Crippen LogP contribution is -2.28. The van der Waals surface area contributed by atoms with Crippen LogP contribution in [0.2, 0.25) is 0 Å². The lowest BCUT2D eigenvalue weighted by molar-refractivity contribution is -0.141. The molecule has 2 atom stereocenters. The molecule has 132 valence electrons. The van der Waals surface area contributed by atoms with Gasteiger partial charge in [0, 0.05) is 24.7 Å². The Balaban J connectivity index is 0.00000288. The van der Waals surface area contributed by atoms with Crippen LogP contribution in [0.4, 0.5) is 0 Å². The maximum Gasteiger partial charge on any atom is 0.308 e. The molecular formula is C18H24ClNO4. The van der Waals surface area contributed by atoms with Crippen molar-refractivity contribution < 1.29 is 19.4 Å². The Morgan fingerprint density at radius 3 is 2.75 bits per heavy atom. The first-order valence-electron chi connectivity index (χ1n) is 7.96. The number of benzene rings is 1. The van der Waals surface area contributed by atoms with Crippen LogP contribution in [0.15, 0.2) is 30.3 Å². The van der Waals surface area contributed by atoms with Crippen molar-refractivity contribution in [2.45, 2.75) is 32.8 Å². The molecule has 24 heavy (non-hydrogen) atoms. The van der Waals surface area contributed by atoms with E-state index in [0.717, 1.165) is 17.7 Å². The first-order valence-corrected chi connectivity index (χ1v) is 7.96. The predicted octanol–water partition coefficient (Wildman–Crippen LogP) is 3.23. The fraction of sp³-hybridized carbons (Fsp3) is 0.444. The van der Waals surface area contributed by atoms with Crippen LogP contribution in [-0.4, -0.2) is 41.1 Å². The summed E-state index contributed by atoms with van der Waals surface area (Å²) >= 11 is 0. The minimum absolute atomic E-state index is 0. The Hall–Kier alpha value is -2.01. The smallest absolute Gasteiger partial charge is 0.308 e. The van der Waals surface area contributed by atoms with Crippen LogP contribution in [0.3, 0.4) is 0 Å². The zero-order chi connectivity index (χ0) is 16.8. The molecule has 2 rings (SSSR count). The number of halogens is 1. The summed E-state index contributed by atoms with van der Waals surface area (Å²) in [5.41, 5.74) is 0.843. The molecule has 1 aliphatic heterocycles. The van der Waals surface area contributed by atoms with E-state index in [9.17, 15) is 9.59 Å². The molecule has 1 aromatic carbocycles. The Labute approximate surface area is 148 Å². The van der Waals surface area contributed by atoms with E-state index >= 15 is 0 Å². The quantitative estimate of drug-likeness (QED) is 0.797. The normalized spacial score (nSPS) is 18.2. The summed E-state index contributed by atoms with van der Waals surface area (Å²) in [7, 11) is 0. The molecule has 1 aromatic rings. The van der Waals surface area contributed by atoms with E-state index in [2.05, 4.69) is 6.92 Å². The zero-order valence-corrected chi connectivity index (χ0v) is 14.8. The number of carboxylic acid groups (broad SMARTS) is 1. The van der Waals surface area contributed by atoms with Crippen molar-refractivity contribution in [2.75, 3.05) is 13.1 Å². The summed E-state index contributed by atoms with van der Waals surface area (Å²) in [4.78, 5) is 24.7. The van der Waals surface area contributed by atoms with E-state index in [4.69, 9.17) is 9.84 Å². The molecule has 5 nitrogen and oxygen atoms in total. The highest BCUT2D eigenvalue weighted by Gasteiger charge is 2.29. The van der Waals surface area contributed by atoms with E-state index in [1.165, 1.54) is 6.08 Å². The van der Waals surface area contributed by atoms with Gasteiger partial charge in [-0.2, -0.15) is 0 Å². The number of para-hydroxylation sites is 1. The Bertz CT molecular complexity index is 602. The van der Waals surface area contributed by atoms with Gasteiger partial charge in [-0.3, -0.25) is 9.59 Å². The largest absolute Gasteiger partial charge is 0.490 e. The Morgan fingerprint density at radius 1 is 1.42 bits per heavy atom. The number of nitrogens with zero attached hydrogens (tertiary/aromatic N) is 1. The van der Waals surface area contributed by atoms with Crippen LogP contribution in [0.5, 0.6) is 5.75 Å². The van der Waals surface area contributed by atoms with Gasteiger partial charge in [-0.05, 0) is 31.9 Å². The fourth-order valence-corrected chi connectivity index (χ4v) is 2.45. The van der Waals surface area contributed by atoms with Gasteiger partial charge in [0.1, 0.15) is 5.75 Å². The topological polar surface area (TPSA) is 66.8 Å². The number of carboxylic acids is 1. The first-order chi connectivity index (χ1) is 11.0. The first kappa shape index (κ1) is 20.0. The molecule has 0 bridgehead atoms. The third-order valence-electron chi connectivity index (χ3n) is 4.08. The van der Waals surface area contributed by atoms with E-state index in [-0.39, 0.29) is 31.0 Å². The number of hydrogen-bond donors (Lipinski definition) is 1. The second kappa shape index (κ2) is 9.33. The molecule has 0 aliphatic carbocycles. The predicted molar refractivity (Wildman–Crippen MR) is 95.4 cm³/mol. The SMILES string of the molecule is CCC(C)Oc1ccccc1/C=C/C(=O)N1CCC(C(=O)O)C1.Cl. The average molecular weight is 354 g/mol. The van der Waals surface area contributed by atoms with Crippen LogP contribution in [0.25, 0.3) is 6.08 Å². The van der Waals surface area contributed by atoms with Crippen LogP contribution in [-0.2, 0) is 9.59 Å². The lowest BCUT2D eigenvalue weighted by Gasteiger charge is -2.15. The zero-order valence-electron chi connectivity index (χ0n) is 14.0. The van der Waals surface area contributed by atoms with Gasteiger partial charge in [-0.15, -0.1) is 12.4 Å². The summed E-state index contributed by atoms with van der Waals surface area (Å²) in [6, 6.07) is 7.57. The second-order valence-corrected chi connectivity index (χ2v) is 5.82. The summed E-state index contributed by atoms with van der Waals surface area (Å²) in [5.74, 6) is -0.701. The number of likely N-dealkylation sites (tertiary alicyclic amines) is 1. The van der Waals surface area contributed by atoms with Gasteiger partial charge in [-0.25, -0.2) is 0 Å². The molecule has 1 N–H and O–H groups in total. The standard InChI is InChI=1S/C18H23NO4.ClH/c1-3-13(2)23-16-7-5-4-6-14(16)8-9-17(20)19-11-10-15(12-19)18(21)22;/h4-9,13,15H,3,10-12H2,1-2H3,(H,21,22);1H/b9-8+;. The molecule has 1 saturated heterocycles. The highest BCUT2D eigenvalue weighted by molar-refractivity contribution is 5.92. The van der Waals surface area contributed by atoms with Crippen LogP contribution >= 0.6 is 12.4 Å². The van der Waals surface area contributed by atoms with E-state index < -0.39 is 11.9 Å². The van der Waals surface area contributed by atoms with Gasteiger partial charge in [0.2, 0.25) is 5.91 Å². The minimum Gasteiger partial charge on any atom is -0.490 e. The highest BCUT2D eigenvalue weighted by Crippen LogP contribution is 2.22. The van der Waals surface area contributed by atoms with Gasteiger partial charge >= 0.3 is 5.97 Å². The van der Waals surface area contributed by atoms with E-state index in [1.807, 2.05) is 31.2 Å². The van der Waals surface area contributed by atoms with Gasteiger partial charge in [-0.1, -0.05) is 25.1 Å². The number of rotatable bonds is 6. The van der Waals surface area contributed by atoms with Gasteiger partial charge < -0.3 is 14.7 Å². The van der Waals surface area contributed by atoms with Crippen molar-refractivity contribution in [3.05, 3.63) is 35.9 Å². The minimum atomic E-state index is -0.837. The monoisotopic (exact) mass is 353 g/mol. The molecule has 1 heterocycles. The number of carbonyl (C=O) groups is 2. The Kier molecular flexibility index (Phi) is 7.79. The van der Waals surface area contributed by atoms with Gasteiger partial charge in [0.15, 0.2) is 0 Å². The van der Waals surface area contributed by atoms with Gasteiger partial charge in [0.05, 0.1) is 12.0 Å². The van der Waals surface area contributed by atoms with Crippen molar-refractivity contribution in [1.29, 1.82) is 0 Å². The number of aliphatic carboxylic acids is 1. The summed E-state index contributed by atoms with van der Waals surface area (Å²) < 4.78 is 5.85. The third-order valence-corrected chi connectivity index (χ3v) is 4.08. The lowest BCUT2D eigenvalue weighted by atomic mass is 10.1. The maximum absolute atomic E-state index is 12.2. The van der Waals surface area contributed by atoms with Crippen LogP contribution in [0, 0.1) is 5.92 Å². The molecule has 6 heteroatoms. The van der Waals surface area contributed by atoms with Crippen LogP contribution in [0.1, 0.15) is 32.3 Å². The van der Waals surface area contributed by atoms with Crippen molar-refractivity contribution in [3.63, 3.8) is 0 Å². The fourth-order valence-electron chi connectivity index (χ4n) is 2.45. The van der Waals surface area contributed by atoms with Crippen molar-refractivity contribution in [3.8, 4) is 5.75 Å². The number of ether oxygens (including phenoxy) is 1. The van der Waals surface area contributed by atoms with E-state index in [1.54, 1.807) is 11.0 Å². The van der Waals surface area contributed by atoms with Crippen molar-refractivity contribution in [1.82, 2.24) is 4.90 Å². The molecule has 2 unspecified atom stereocenters. The molecule has 1 fully saturated rings. The van der Waals surface area contributed by atoms with Crippen molar-refractivity contribution >= 4 is 30.4 Å². The van der Waals surface area contributed by atoms with E-state index in [0.29, 0.717) is 13.0 Å². The molecule has 0 radical (unpaired) electrons. The van der Waals surface area contributed by atoms with Crippen molar-refractivity contribution in [2.24, 2.45) is 5.92 Å². The van der Waals surface area contributed by atoms with Crippen LogP contribution < -0.4 is 4.74 Å². The summed E-state index contributed by atoms with van der Waals surface area (Å²) in [6.07, 6.45) is 4.75. The number of carbonyl (C=O) groups excluding carboxylic acids is 1. The Morgan fingerprint density at radius 2 is 2.12 bits per heavy atom. The second-order valence-electron chi connectivity index (χ2n) is 5.82. The number of hydrogen-bond acceptors (Lipinski definition) is 3. The third kappa shape index (κ3) is 5.27.